The van der Waals surface area contributed by atoms with Gasteiger partial charge in [0.25, 0.3) is 5.91 Å². The molecule has 3 aromatic rings. The Morgan fingerprint density at radius 1 is 1.09 bits per heavy atom. The number of aromatic nitrogens is 4. The minimum absolute atomic E-state index is 0.125. The van der Waals surface area contributed by atoms with Crippen LogP contribution in [-0.4, -0.2) is 113 Å². The molecule has 0 unspecified atom stereocenters. The van der Waals surface area contributed by atoms with Gasteiger partial charge in [-0.3, -0.25) is 19.8 Å². The number of carbonyl (C=O) groups is 3. The van der Waals surface area contributed by atoms with Crippen molar-refractivity contribution in [1.29, 1.82) is 0 Å². The zero-order chi connectivity index (χ0) is 32.8. The second-order valence-corrected chi connectivity index (χ2v) is 10.5. The van der Waals surface area contributed by atoms with E-state index in [0.717, 1.165) is 18.9 Å². The molecule has 5 heterocycles. The lowest BCUT2D eigenvalue weighted by atomic mass is 10.1. The Morgan fingerprint density at radius 2 is 1.83 bits per heavy atom. The minimum Gasteiger partial charge on any atom is -0.453 e. The first-order valence-corrected chi connectivity index (χ1v) is 14.4. The van der Waals surface area contributed by atoms with Gasteiger partial charge in [0.1, 0.15) is 11.3 Å². The number of hydrogen-bond donors (Lipinski definition) is 2. The number of pyridine rings is 1. The molecule has 0 aromatic carbocycles. The first-order chi connectivity index (χ1) is 22.0. The number of piperazine rings is 1. The van der Waals surface area contributed by atoms with Gasteiger partial charge in [-0.2, -0.15) is 13.2 Å². The van der Waals surface area contributed by atoms with Gasteiger partial charge in [-0.25, -0.2) is 19.3 Å². The highest BCUT2D eigenvalue weighted by Crippen LogP contribution is 2.38. The molecule has 2 fully saturated rings. The van der Waals surface area contributed by atoms with Crippen LogP contribution in [-0.2, 0) is 31.8 Å². The van der Waals surface area contributed by atoms with Crippen molar-refractivity contribution in [2.24, 2.45) is 0 Å². The SMILES string of the molecule is CC#CC(=O)NCC(=O)N1CCN(Cc2cc3c(N4CCOCC4)nc(-c4cnc(NC(=O)OC)cc4C(F)(F)F)nn3c2)CC1. The average molecular weight is 644 g/mol. The third-order valence-corrected chi connectivity index (χ3v) is 7.45. The number of hydrogen-bond acceptors (Lipinski definition) is 10. The van der Waals surface area contributed by atoms with E-state index in [4.69, 9.17) is 4.74 Å². The van der Waals surface area contributed by atoms with E-state index < -0.39 is 23.7 Å². The molecule has 3 amide bonds. The zero-order valence-electron chi connectivity index (χ0n) is 25.2. The van der Waals surface area contributed by atoms with Crippen LogP contribution in [0.25, 0.3) is 16.9 Å². The Labute approximate surface area is 261 Å². The molecule has 0 aliphatic carbocycles. The first-order valence-electron chi connectivity index (χ1n) is 14.4. The number of ether oxygens (including phenoxy) is 2. The standard InChI is InChI=1S/C29H32F3N9O5/c1-3-4-24(42)34-16-25(43)39-7-5-38(6-8-39)17-19-13-22-27(40-9-11-46-12-10-40)36-26(37-41(22)18-19)20-15-33-23(35-28(44)45-2)14-21(20)29(30,31)32/h13-15,18H,5-12,16-17H2,1-2H3,(H,34,42)(H,33,35,44). The maximum Gasteiger partial charge on any atom is 0.417 e. The Bertz CT molecular complexity index is 1670. The Morgan fingerprint density at radius 3 is 2.50 bits per heavy atom. The van der Waals surface area contributed by atoms with Crippen LogP contribution in [0.2, 0.25) is 0 Å². The van der Waals surface area contributed by atoms with Gasteiger partial charge < -0.3 is 24.6 Å². The summed E-state index contributed by atoms with van der Waals surface area (Å²) in [5, 5.41) is 9.10. The fourth-order valence-corrected chi connectivity index (χ4v) is 5.18. The summed E-state index contributed by atoms with van der Waals surface area (Å²) in [7, 11) is 1.09. The number of fused-ring (bicyclic) bond motifs is 1. The molecule has 0 saturated carbocycles. The van der Waals surface area contributed by atoms with Crippen LogP contribution >= 0.6 is 0 Å². The predicted octanol–water partition coefficient (Wildman–Crippen LogP) is 1.61. The van der Waals surface area contributed by atoms with Crippen molar-refractivity contribution < 1.29 is 37.0 Å². The number of methoxy groups -OCH3 is 1. The van der Waals surface area contributed by atoms with E-state index in [1.165, 1.54) is 11.4 Å². The van der Waals surface area contributed by atoms with Gasteiger partial charge in [0, 0.05) is 58.2 Å². The highest BCUT2D eigenvalue weighted by atomic mass is 19.4. The van der Waals surface area contributed by atoms with Gasteiger partial charge >= 0.3 is 12.3 Å². The van der Waals surface area contributed by atoms with Gasteiger partial charge in [0.05, 0.1) is 38.0 Å². The maximum atomic E-state index is 14.2. The third-order valence-electron chi connectivity index (χ3n) is 7.45. The number of rotatable bonds is 7. The molecule has 17 heteroatoms. The summed E-state index contributed by atoms with van der Waals surface area (Å²) in [6.07, 6.45) is -3.03. The van der Waals surface area contributed by atoms with Crippen LogP contribution in [0.5, 0.6) is 0 Å². The summed E-state index contributed by atoms with van der Waals surface area (Å²) in [6.45, 7) is 5.87. The molecule has 0 atom stereocenters. The summed E-state index contributed by atoms with van der Waals surface area (Å²) < 4.78 is 54.2. The number of halogens is 3. The number of carbonyl (C=O) groups excluding carboxylic acids is 3. The molecule has 2 aliphatic heterocycles. The van der Waals surface area contributed by atoms with Gasteiger partial charge in [-0.05, 0) is 30.5 Å². The summed E-state index contributed by atoms with van der Waals surface area (Å²) in [4.78, 5) is 50.0. The Balaban J connectivity index is 1.40. The van der Waals surface area contributed by atoms with Crippen molar-refractivity contribution in [3.63, 3.8) is 0 Å². The van der Waals surface area contributed by atoms with Crippen molar-refractivity contribution in [3.05, 3.63) is 35.7 Å². The molecular weight excluding hydrogens is 611 g/mol. The Kier molecular flexibility index (Phi) is 9.87. The number of alkyl halides is 3. The van der Waals surface area contributed by atoms with Crippen LogP contribution in [0.1, 0.15) is 18.1 Å². The molecule has 46 heavy (non-hydrogen) atoms. The lowest BCUT2D eigenvalue weighted by Gasteiger charge is -2.34. The lowest BCUT2D eigenvalue weighted by Crippen LogP contribution is -2.50. The predicted molar refractivity (Wildman–Crippen MR) is 159 cm³/mol. The molecule has 2 saturated heterocycles. The number of amides is 3. The molecule has 0 spiro atoms. The van der Waals surface area contributed by atoms with E-state index in [2.05, 4.69) is 47.2 Å². The van der Waals surface area contributed by atoms with Gasteiger partial charge in [0.15, 0.2) is 11.6 Å². The highest BCUT2D eigenvalue weighted by molar-refractivity contribution is 5.95. The van der Waals surface area contributed by atoms with Crippen LogP contribution in [0.15, 0.2) is 24.5 Å². The van der Waals surface area contributed by atoms with Crippen molar-refractivity contribution in [2.45, 2.75) is 19.6 Å². The molecule has 14 nitrogen and oxygen atoms in total. The van der Waals surface area contributed by atoms with Crippen molar-refractivity contribution in [3.8, 4) is 23.2 Å². The van der Waals surface area contributed by atoms with E-state index >= 15 is 0 Å². The smallest absolute Gasteiger partial charge is 0.417 e. The van der Waals surface area contributed by atoms with Gasteiger partial charge in [-0.1, -0.05) is 5.92 Å². The summed E-state index contributed by atoms with van der Waals surface area (Å²) in [5.41, 5.74) is 0.0518. The molecule has 2 aliphatic rings. The van der Waals surface area contributed by atoms with Crippen LogP contribution in [0.4, 0.5) is 29.6 Å². The molecular formula is C29H32F3N9O5. The van der Waals surface area contributed by atoms with E-state index in [1.807, 2.05) is 11.0 Å². The Hall–Kier alpha value is -4.95. The number of morpholine rings is 1. The first kappa shape index (κ1) is 32.4. The van der Waals surface area contributed by atoms with E-state index in [-0.39, 0.29) is 29.7 Å². The molecule has 0 radical (unpaired) electrons. The summed E-state index contributed by atoms with van der Waals surface area (Å²) in [5.74, 6) is 4.05. The third kappa shape index (κ3) is 7.64. The second kappa shape index (κ2) is 14.0. The molecule has 3 aromatic heterocycles. The van der Waals surface area contributed by atoms with Crippen LogP contribution < -0.4 is 15.5 Å². The van der Waals surface area contributed by atoms with E-state index in [1.54, 1.807) is 11.1 Å². The minimum atomic E-state index is -4.80. The topological polar surface area (TPSA) is 147 Å². The van der Waals surface area contributed by atoms with E-state index in [9.17, 15) is 27.6 Å². The molecule has 244 valence electrons. The van der Waals surface area contributed by atoms with Gasteiger partial charge in [-0.15, -0.1) is 5.10 Å². The normalized spacial score (nSPS) is 15.7. The largest absolute Gasteiger partial charge is 0.453 e. The fourth-order valence-electron chi connectivity index (χ4n) is 5.18. The number of nitrogens with one attached hydrogen (secondary N) is 2. The monoisotopic (exact) mass is 643 g/mol. The van der Waals surface area contributed by atoms with Crippen LogP contribution in [0, 0.1) is 11.8 Å². The van der Waals surface area contributed by atoms with Crippen molar-refractivity contribution >= 4 is 35.1 Å². The zero-order valence-corrected chi connectivity index (χ0v) is 25.2. The van der Waals surface area contributed by atoms with E-state index in [0.29, 0.717) is 76.4 Å². The summed E-state index contributed by atoms with van der Waals surface area (Å²) in [6, 6.07) is 2.62. The molecule has 5 rings (SSSR count). The van der Waals surface area contributed by atoms with Gasteiger partial charge in [0.2, 0.25) is 5.91 Å². The maximum absolute atomic E-state index is 14.2. The number of anilines is 2. The fraction of sp³-hybridized carbons (Fsp3) is 0.448. The molecule has 2 N–H and O–H groups in total. The summed E-state index contributed by atoms with van der Waals surface area (Å²) >= 11 is 0. The van der Waals surface area contributed by atoms with Crippen LogP contribution in [0.3, 0.4) is 0 Å². The van der Waals surface area contributed by atoms with Crippen molar-refractivity contribution in [1.82, 2.24) is 34.7 Å². The average Bonchev–Trinajstić information content (AvgIpc) is 3.46. The quantitative estimate of drug-likeness (QED) is 0.364. The lowest BCUT2D eigenvalue weighted by molar-refractivity contribution is -0.137. The number of nitrogens with zero attached hydrogens (tertiary/aromatic N) is 7. The molecule has 0 bridgehead atoms. The van der Waals surface area contributed by atoms with Crippen molar-refractivity contribution in [2.75, 3.05) is 76.4 Å². The highest BCUT2D eigenvalue weighted by Gasteiger charge is 2.36. The second-order valence-electron chi connectivity index (χ2n) is 10.5.